The van der Waals surface area contributed by atoms with E-state index < -0.39 is 4.92 Å². The smallest absolute Gasteiger partial charge is 0.273 e. The molecular formula is C14H14N4O4S. The van der Waals surface area contributed by atoms with Crippen molar-refractivity contribution in [3.05, 3.63) is 39.6 Å². The first-order valence-corrected chi connectivity index (χ1v) is 7.40. The lowest BCUT2D eigenvalue weighted by Crippen LogP contribution is -2.36. The van der Waals surface area contributed by atoms with Gasteiger partial charge in [-0.3, -0.25) is 20.2 Å². The molecule has 3 rings (SSSR count). The van der Waals surface area contributed by atoms with Crippen LogP contribution in [0.25, 0.3) is 6.08 Å². The molecule has 0 unspecified atom stereocenters. The highest BCUT2D eigenvalue weighted by Gasteiger charge is 2.22. The Hall–Kier alpha value is -2.52. The standard InChI is InChI=1S/C14H14N4O4S/c19-13-11(15-14(23)16-13)8-9-7-10(18(20)21)1-2-12(9)17-3-5-22-6-4-17/h1-2,7-8H,3-6H2,(H2,15,16,19,23)/b11-8-. The highest BCUT2D eigenvalue weighted by atomic mass is 32.1. The van der Waals surface area contributed by atoms with Gasteiger partial charge in [0.1, 0.15) is 5.70 Å². The van der Waals surface area contributed by atoms with Gasteiger partial charge in [0.05, 0.1) is 18.1 Å². The summed E-state index contributed by atoms with van der Waals surface area (Å²) in [6.45, 7) is 2.56. The van der Waals surface area contributed by atoms with Gasteiger partial charge in [-0.1, -0.05) is 0 Å². The normalized spacial score (nSPS) is 19.7. The number of non-ortho nitro benzene ring substituents is 1. The maximum absolute atomic E-state index is 11.8. The molecule has 2 fully saturated rings. The van der Waals surface area contributed by atoms with Gasteiger partial charge in [0, 0.05) is 36.5 Å². The van der Waals surface area contributed by atoms with Crippen LogP contribution >= 0.6 is 12.2 Å². The predicted octanol–water partition coefficient (Wildman–Crippen LogP) is 0.777. The molecule has 1 amide bonds. The maximum atomic E-state index is 11.8. The molecule has 0 radical (unpaired) electrons. The summed E-state index contributed by atoms with van der Waals surface area (Å²) in [5, 5.41) is 16.5. The van der Waals surface area contributed by atoms with Crippen molar-refractivity contribution in [1.82, 2.24) is 10.6 Å². The molecule has 9 heteroatoms. The van der Waals surface area contributed by atoms with E-state index in [9.17, 15) is 14.9 Å². The number of nitro groups is 1. The summed E-state index contributed by atoms with van der Waals surface area (Å²) in [6, 6.07) is 4.61. The van der Waals surface area contributed by atoms with E-state index in [0.717, 1.165) is 5.69 Å². The number of amides is 1. The average molecular weight is 334 g/mol. The average Bonchev–Trinajstić information content (AvgIpc) is 2.85. The molecule has 0 bridgehead atoms. The molecule has 8 nitrogen and oxygen atoms in total. The number of thiocarbonyl (C=S) groups is 1. The zero-order valence-electron chi connectivity index (χ0n) is 12.1. The van der Waals surface area contributed by atoms with E-state index in [-0.39, 0.29) is 22.4 Å². The summed E-state index contributed by atoms with van der Waals surface area (Å²) in [6.07, 6.45) is 1.58. The monoisotopic (exact) mass is 334 g/mol. The molecule has 23 heavy (non-hydrogen) atoms. The number of carbonyl (C=O) groups excluding carboxylic acids is 1. The number of hydrogen-bond donors (Lipinski definition) is 2. The van der Waals surface area contributed by atoms with Gasteiger partial charge in [0.2, 0.25) is 0 Å². The van der Waals surface area contributed by atoms with Gasteiger partial charge in [-0.05, 0) is 24.4 Å². The van der Waals surface area contributed by atoms with Crippen LogP contribution in [-0.2, 0) is 9.53 Å². The molecule has 2 heterocycles. The summed E-state index contributed by atoms with van der Waals surface area (Å²) in [7, 11) is 0. The van der Waals surface area contributed by atoms with Crippen LogP contribution in [0.1, 0.15) is 5.56 Å². The van der Waals surface area contributed by atoms with Gasteiger partial charge in [-0.25, -0.2) is 0 Å². The van der Waals surface area contributed by atoms with Crippen LogP contribution in [0, 0.1) is 10.1 Å². The first kappa shape index (κ1) is 15.4. The summed E-state index contributed by atoms with van der Waals surface area (Å²) in [5.74, 6) is -0.352. The Morgan fingerprint density at radius 1 is 1.30 bits per heavy atom. The van der Waals surface area contributed by atoms with Crippen molar-refractivity contribution in [2.75, 3.05) is 31.2 Å². The number of anilines is 1. The minimum Gasteiger partial charge on any atom is -0.378 e. The van der Waals surface area contributed by atoms with E-state index in [1.807, 2.05) is 0 Å². The van der Waals surface area contributed by atoms with Crippen LogP contribution in [0.5, 0.6) is 0 Å². The number of benzene rings is 1. The van der Waals surface area contributed by atoms with Crippen molar-refractivity contribution >= 4 is 40.7 Å². The number of nitrogens with one attached hydrogen (secondary N) is 2. The van der Waals surface area contributed by atoms with Gasteiger partial charge >= 0.3 is 0 Å². The van der Waals surface area contributed by atoms with Crippen molar-refractivity contribution in [3.63, 3.8) is 0 Å². The summed E-state index contributed by atoms with van der Waals surface area (Å²) >= 11 is 4.90. The Morgan fingerprint density at radius 2 is 2.04 bits per heavy atom. The number of rotatable bonds is 3. The number of nitro benzene ring substituents is 1. The maximum Gasteiger partial charge on any atom is 0.273 e. The summed E-state index contributed by atoms with van der Waals surface area (Å²) < 4.78 is 5.33. The molecule has 0 saturated carbocycles. The second-order valence-electron chi connectivity index (χ2n) is 5.07. The Morgan fingerprint density at radius 3 is 2.65 bits per heavy atom. The number of hydrogen-bond acceptors (Lipinski definition) is 6. The quantitative estimate of drug-likeness (QED) is 0.365. The van der Waals surface area contributed by atoms with E-state index in [4.69, 9.17) is 17.0 Å². The molecule has 0 aromatic heterocycles. The second kappa shape index (κ2) is 6.31. The molecule has 0 atom stereocenters. The lowest BCUT2D eigenvalue weighted by molar-refractivity contribution is -0.384. The van der Waals surface area contributed by atoms with E-state index in [2.05, 4.69) is 15.5 Å². The molecule has 2 aliphatic rings. The number of carbonyl (C=O) groups is 1. The molecule has 2 aliphatic heterocycles. The summed E-state index contributed by atoms with van der Waals surface area (Å²) in [5.41, 5.74) is 1.64. The molecule has 2 N–H and O–H groups in total. The molecule has 2 saturated heterocycles. The largest absolute Gasteiger partial charge is 0.378 e. The minimum absolute atomic E-state index is 0.0326. The second-order valence-corrected chi connectivity index (χ2v) is 5.47. The third-order valence-corrected chi connectivity index (χ3v) is 3.80. The first-order chi connectivity index (χ1) is 11.0. The van der Waals surface area contributed by atoms with Crippen LogP contribution in [0.3, 0.4) is 0 Å². The fourth-order valence-electron chi connectivity index (χ4n) is 2.50. The topological polar surface area (TPSA) is 96.7 Å². The lowest BCUT2D eigenvalue weighted by atomic mass is 10.1. The van der Waals surface area contributed by atoms with Crippen LogP contribution in [0.15, 0.2) is 23.9 Å². The predicted molar refractivity (Wildman–Crippen MR) is 88.0 cm³/mol. The first-order valence-electron chi connectivity index (χ1n) is 7.00. The van der Waals surface area contributed by atoms with Gasteiger partial charge in [0.15, 0.2) is 5.11 Å². The Labute approximate surface area is 137 Å². The van der Waals surface area contributed by atoms with Crippen molar-refractivity contribution in [2.24, 2.45) is 0 Å². The van der Waals surface area contributed by atoms with Gasteiger partial charge in [-0.2, -0.15) is 0 Å². The van der Waals surface area contributed by atoms with Crippen LogP contribution in [0.2, 0.25) is 0 Å². The van der Waals surface area contributed by atoms with E-state index in [1.54, 1.807) is 12.1 Å². The van der Waals surface area contributed by atoms with Crippen molar-refractivity contribution < 1.29 is 14.5 Å². The van der Waals surface area contributed by atoms with Crippen molar-refractivity contribution in [1.29, 1.82) is 0 Å². The molecule has 1 aromatic carbocycles. The summed E-state index contributed by atoms with van der Waals surface area (Å²) in [4.78, 5) is 24.4. The highest BCUT2D eigenvalue weighted by Crippen LogP contribution is 2.28. The molecule has 0 spiro atoms. The van der Waals surface area contributed by atoms with Gasteiger partial charge in [-0.15, -0.1) is 0 Å². The highest BCUT2D eigenvalue weighted by molar-refractivity contribution is 7.80. The number of morpholine rings is 1. The number of ether oxygens (including phenoxy) is 1. The van der Waals surface area contributed by atoms with E-state index in [0.29, 0.717) is 31.9 Å². The minimum atomic E-state index is -0.460. The van der Waals surface area contributed by atoms with Crippen LogP contribution in [0.4, 0.5) is 11.4 Å². The van der Waals surface area contributed by atoms with E-state index in [1.165, 1.54) is 12.1 Å². The van der Waals surface area contributed by atoms with Crippen LogP contribution in [-0.4, -0.2) is 42.2 Å². The number of nitrogens with zero attached hydrogens (tertiary/aromatic N) is 2. The SMILES string of the molecule is O=C1NC(=S)N/C1=C\c1cc([N+](=O)[O-])ccc1N1CCOCC1. The molecule has 1 aromatic rings. The van der Waals surface area contributed by atoms with Crippen molar-refractivity contribution in [2.45, 2.75) is 0 Å². The zero-order valence-corrected chi connectivity index (χ0v) is 12.9. The lowest BCUT2D eigenvalue weighted by Gasteiger charge is -2.30. The third-order valence-electron chi connectivity index (χ3n) is 3.59. The Kier molecular flexibility index (Phi) is 4.22. The Bertz CT molecular complexity index is 713. The fraction of sp³-hybridized carbons (Fsp3) is 0.286. The van der Waals surface area contributed by atoms with E-state index >= 15 is 0 Å². The van der Waals surface area contributed by atoms with Crippen LogP contribution < -0.4 is 15.5 Å². The van der Waals surface area contributed by atoms with Gasteiger partial charge < -0.3 is 15.0 Å². The van der Waals surface area contributed by atoms with Crippen molar-refractivity contribution in [3.8, 4) is 0 Å². The zero-order chi connectivity index (χ0) is 16.4. The third kappa shape index (κ3) is 3.30. The molecule has 120 valence electrons. The Balaban J connectivity index is 2.02. The molecule has 0 aliphatic carbocycles. The molecular weight excluding hydrogens is 320 g/mol. The van der Waals surface area contributed by atoms with Gasteiger partial charge in [0.25, 0.3) is 11.6 Å². The fourth-order valence-corrected chi connectivity index (χ4v) is 2.70.